The lowest BCUT2D eigenvalue weighted by Gasteiger charge is -2.30. The average molecular weight is 527 g/mol. The normalized spacial score (nSPS) is 14.1. The number of nitrogens with zero attached hydrogens (tertiary/aromatic N) is 4. The molecule has 10 nitrogen and oxygen atoms in total. The van der Waals surface area contributed by atoms with E-state index in [1.165, 1.54) is 11.3 Å². The number of para-hydroxylation sites is 2. The molecule has 0 saturated carbocycles. The first-order valence-corrected chi connectivity index (χ1v) is 13.3. The molecule has 4 N–H and O–H groups in total. The van der Waals surface area contributed by atoms with E-state index in [0.29, 0.717) is 37.0 Å². The van der Waals surface area contributed by atoms with E-state index in [2.05, 4.69) is 35.8 Å². The van der Waals surface area contributed by atoms with Gasteiger partial charge in [-0.15, -0.1) is 11.3 Å². The van der Waals surface area contributed by atoms with Gasteiger partial charge >= 0.3 is 6.03 Å². The van der Waals surface area contributed by atoms with Crippen molar-refractivity contribution >= 4 is 40.1 Å². The number of rotatable bonds is 6. The summed E-state index contributed by atoms with van der Waals surface area (Å²) in [4.78, 5) is 39.5. The highest BCUT2D eigenvalue weighted by Gasteiger charge is 2.27. The number of nitrogens with one attached hydrogen (secondary N) is 4. The van der Waals surface area contributed by atoms with Gasteiger partial charge in [0.25, 0.3) is 5.91 Å². The third kappa shape index (κ3) is 5.14. The predicted octanol–water partition coefficient (Wildman–Crippen LogP) is 4.75. The van der Waals surface area contributed by atoms with Crippen LogP contribution >= 0.6 is 11.3 Å². The van der Waals surface area contributed by atoms with Crippen LogP contribution in [-0.2, 0) is 6.54 Å². The van der Waals surface area contributed by atoms with Gasteiger partial charge in [0.1, 0.15) is 11.5 Å². The lowest BCUT2D eigenvalue weighted by molar-refractivity contribution is 0.0945. The molecular weight excluding hydrogens is 500 g/mol. The van der Waals surface area contributed by atoms with Crippen LogP contribution in [-0.4, -0.2) is 55.1 Å². The number of amides is 3. The maximum Gasteiger partial charge on any atom is 0.323 e. The van der Waals surface area contributed by atoms with E-state index in [9.17, 15) is 9.59 Å². The second kappa shape index (κ2) is 10.5. The van der Waals surface area contributed by atoms with Crippen molar-refractivity contribution in [2.24, 2.45) is 0 Å². The Morgan fingerprint density at radius 1 is 1.03 bits per heavy atom. The third-order valence-electron chi connectivity index (χ3n) is 6.64. The van der Waals surface area contributed by atoms with E-state index < -0.39 is 0 Å². The Hall–Kier alpha value is -4.51. The summed E-state index contributed by atoms with van der Waals surface area (Å²) in [6.45, 7) is 1.52. The predicted molar refractivity (Wildman–Crippen MR) is 146 cm³/mol. The number of fused-ring (bicyclic) bond motifs is 1. The van der Waals surface area contributed by atoms with Gasteiger partial charge in [-0.2, -0.15) is 5.10 Å². The van der Waals surface area contributed by atoms with Crippen LogP contribution in [0, 0.1) is 0 Å². The minimum absolute atomic E-state index is 0.167. The van der Waals surface area contributed by atoms with Crippen molar-refractivity contribution in [2.45, 2.75) is 25.3 Å². The van der Waals surface area contributed by atoms with Crippen molar-refractivity contribution in [1.29, 1.82) is 0 Å². The molecule has 5 aromatic rings. The van der Waals surface area contributed by atoms with E-state index in [1.807, 2.05) is 60.7 Å². The van der Waals surface area contributed by atoms with Gasteiger partial charge in [0.15, 0.2) is 5.82 Å². The zero-order chi connectivity index (χ0) is 25.9. The quantitative estimate of drug-likeness (QED) is 0.254. The van der Waals surface area contributed by atoms with Crippen LogP contribution in [0.4, 0.5) is 10.6 Å². The number of carbonyl (C=O) groups is 2. The number of aromatic nitrogens is 5. The molecule has 1 aliphatic rings. The van der Waals surface area contributed by atoms with Crippen molar-refractivity contribution in [1.82, 2.24) is 35.4 Å². The molecular formula is C27H26N8O2S. The van der Waals surface area contributed by atoms with Crippen LogP contribution in [0.1, 0.15) is 40.1 Å². The van der Waals surface area contributed by atoms with Gasteiger partial charge in [-0.25, -0.2) is 14.8 Å². The molecule has 11 heteroatoms. The highest BCUT2D eigenvalue weighted by molar-refractivity contribution is 7.09. The Morgan fingerprint density at radius 3 is 2.63 bits per heavy atom. The summed E-state index contributed by atoms with van der Waals surface area (Å²) in [7, 11) is 0. The van der Waals surface area contributed by atoms with E-state index in [0.717, 1.165) is 40.1 Å². The van der Waals surface area contributed by atoms with E-state index in [-0.39, 0.29) is 17.9 Å². The molecule has 0 unspecified atom stereocenters. The van der Waals surface area contributed by atoms with Crippen LogP contribution in [0.2, 0.25) is 0 Å². The van der Waals surface area contributed by atoms with Gasteiger partial charge in [-0.1, -0.05) is 42.5 Å². The van der Waals surface area contributed by atoms with Crippen LogP contribution in [0.25, 0.3) is 22.3 Å². The Morgan fingerprint density at radius 2 is 1.82 bits per heavy atom. The van der Waals surface area contributed by atoms with Crippen LogP contribution in [0.15, 0.2) is 66.0 Å². The lowest BCUT2D eigenvalue weighted by atomic mass is 9.98. The standard InChI is InChI=1S/C27H26N8O2S/c36-25(28-15-24-29-19-8-4-5-9-20(19)30-24)22-16-38-26(31-22)18-10-12-35(13-11-18)27(37)32-23-14-21(33-34-23)17-6-2-1-3-7-17/h1-9,14,16,18H,10-13,15H2,(H,28,36)(H,29,30)(H2,32,33,34,37). The minimum atomic E-state index is -0.223. The molecule has 0 atom stereocenters. The number of imidazole rings is 1. The fraction of sp³-hybridized carbons (Fsp3) is 0.222. The van der Waals surface area contributed by atoms with E-state index in [4.69, 9.17) is 0 Å². The van der Waals surface area contributed by atoms with E-state index >= 15 is 0 Å². The molecule has 1 aliphatic heterocycles. The number of benzene rings is 2. The largest absolute Gasteiger partial charge is 0.343 e. The highest BCUT2D eigenvalue weighted by Crippen LogP contribution is 2.30. The van der Waals surface area contributed by atoms with Crippen LogP contribution in [0.5, 0.6) is 0 Å². The fourth-order valence-electron chi connectivity index (χ4n) is 4.59. The van der Waals surface area contributed by atoms with E-state index in [1.54, 1.807) is 10.3 Å². The van der Waals surface area contributed by atoms with Crippen molar-refractivity contribution in [2.75, 3.05) is 18.4 Å². The average Bonchev–Trinajstić information content (AvgIpc) is 3.72. The third-order valence-corrected chi connectivity index (χ3v) is 7.65. The molecule has 192 valence electrons. The summed E-state index contributed by atoms with van der Waals surface area (Å²) < 4.78 is 0. The van der Waals surface area contributed by atoms with Crippen molar-refractivity contribution in [3.63, 3.8) is 0 Å². The van der Waals surface area contributed by atoms with Crippen molar-refractivity contribution in [3.05, 3.63) is 82.6 Å². The summed E-state index contributed by atoms with van der Waals surface area (Å²) in [5.74, 6) is 1.19. The molecule has 1 fully saturated rings. The molecule has 2 aromatic carbocycles. The molecule has 3 amide bonds. The minimum Gasteiger partial charge on any atom is -0.343 e. The SMILES string of the molecule is O=C(NCc1nc2ccccc2[nH]1)c1csc(C2CCN(C(=O)Nc3cc(-c4ccccc4)[nH]n3)CC2)n1. The van der Waals surface area contributed by atoms with Gasteiger partial charge in [-0.3, -0.25) is 15.2 Å². The molecule has 1 saturated heterocycles. The Balaban J connectivity index is 0.995. The Labute approximate surface area is 222 Å². The number of hydrogen-bond donors (Lipinski definition) is 4. The first-order valence-electron chi connectivity index (χ1n) is 12.5. The second-order valence-electron chi connectivity index (χ2n) is 9.18. The zero-order valence-corrected chi connectivity index (χ0v) is 21.3. The van der Waals surface area contributed by atoms with Gasteiger partial charge in [0.05, 0.1) is 28.3 Å². The van der Waals surface area contributed by atoms with Crippen LogP contribution in [0.3, 0.4) is 0 Å². The molecule has 0 aliphatic carbocycles. The number of hydrogen-bond acceptors (Lipinski definition) is 6. The number of aromatic amines is 2. The summed E-state index contributed by atoms with van der Waals surface area (Å²) in [6, 6.07) is 19.3. The Kier molecular flexibility index (Phi) is 6.57. The molecule has 0 radical (unpaired) electrons. The van der Waals surface area contributed by atoms with Crippen molar-refractivity contribution < 1.29 is 9.59 Å². The number of anilines is 1. The fourth-order valence-corrected chi connectivity index (χ4v) is 5.56. The number of likely N-dealkylation sites (tertiary alicyclic amines) is 1. The number of carbonyl (C=O) groups excluding carboxylic acids is 2. The smallest absolute Gasteiger partial charge is 0.323 e. The maximum absolute atomic E-state index is 12.8. The van der Waals surface area contributed by atoms with Crippen LogP contribution < -0.4 is 10.6 Å². The highest BCUT2D eigenvalue weighted by atomic mass is 32.1. The summed E-state index contributed by atoms with van der Waals surface area (Å²) in [5, 5.41) is 15.7. The first-order chi connectivity index (χ1) is 18.6. The number of thiazole rings is 1. The monoisotopic (exact) mass is 526 g/mol. The maximum atomic E-state index is 12.8. The van der Waals surface area contributed by atoms with Gasteiger partial charge in [-0.05, 0) is 30.5 Å². The molecule has 3 aromatic heterocycles. The number of urea groups is 1. The van der Waals surface area contributed by atoms with Gasteiger partial charge < -0.3 is 15.2 Å². The summed E-state index contributed by atoms with van der Waals surface area (Å²) >= 11 is 1.49. The number of piperidine rings is 1. The summed E-state index contributed by atoms with van der Waals surface area (Å²) in [6.07, 6.45) is 1.58. The molecule has 4 heterocycles. The van der Waals surface area contributed by atoms with Crippen molar-refractivity contribution in [3.8, 4) is 11.3 Å². The molecule has 0 bridgehead atoms. The Bertz CT molecular complexity index is 1530. The molecule has 38 heavy (non-hydrogen) atoms. The molecule has 0 spiro atoms. The topological polar surface area (TPSA) is 132 Å². The van der Waals surface area contributed by atoms with Gasteiger partial charge in [0.2, 0.25) is 0 Å². The first kappa shape index (κ1) is 23.9. The van der Waals surface area contributed by atoms with Gasteiger partial charge in [0, 0.05) is 30.5 Å². The summed E-state index contributed by atoms with van der Waals surface area (Å²) in [5.41, 5.74) is 4.07. The number of H-pyrrole nitrogens is 2. The molecule has 6 rings (SSSR count). The lowest BCUT2D eigenvalue weighted by Crippen LogP contribution is -2.40. The second-order valence-corrected chi connectivity index (χ2v) is 10.1. The zero-order valence-electron chi connectivity index (χ0n) is 20.5.